The topological polar surface area (TPSA) is 52.6 Å². The predicted octanol–water partition coefficient (Wildman–Crippen LogP) is 0.707. The van der Waals surface area contributed by atoms with Gasteiger partial charge in [0.25, 0.3) is 0 Å². The Morgan fingerprint density at radius 1 is 1.32 bits per heavy atom. The third-order valence-corrected chi connectivity index (χ3v) is 5.34. The van der Waals surface area contributed by atoms with Crippen LogP contribution >= 0.6 is 0 Å². The summed E-state index contributed by atoms with van der Waals surface area (Å²) in [7, 11) is 3.86. The molecule has 3 fully saturated rings. The van der Waals surface area contributed by atoms with Crippen LogP contribution in [0.4, 0.5) is 0 Å². The lowest BCUT2D eigenvalue weighted by Gasteiger charge is -2.27. The van der Waals surface area contributed by atoms with E-state index in [0.717, 1.165) is 11.8 Å². The zero-order chi connectivity index (χ0) is 13.8. The number of nitrogens with one attached hydrogen (secondary N) is 1. The highest BCUT2D eigenvalue weighted by Crippen LogP contribution is 2.69. The number of likely N-dealkylation sites (N-methyl/N-ethyl adjacent to an activating group) is 1. The third-order valence-electron chi connectivity index (χ3n) is 5.34. The van der Waals surface area contributed by atoms with Gasteiger partial charge in [-0.15, -0.1) is 0 Å². The van der Waals surface area contributed by atoms with Gasteiger partial charge in [-0.3, -0.25) is 4.79 Å². The van der Waals surface area contributed by atoms with E-state index in [9.17, 15) is 9.90 Å². The molecule has 5 unspecified atom stereocenters. The molecule has 108 valence electrons. The van der Waals surface area contributed by atoms with E-state index in [1.165, 1.54) is 19.3 Å². The van der Waals surface area contributed by atoms with E-state index >= 15 is 0 Å². The first kappa shape index (κ1) is 13.4. The lowest BCUT2D eigenvalue weighted by molar-refractivity contribution is -0.124. The molecule has 0 aromatic heterocycles. The fraction of sp³-hybridized carbons (Fsp3) is 0.933. The summed E-state index contributed by atoms with van der Waals surface area (Å²) >= 11 is 0. The van der Waals surface area contributed by atoms with E-state index in [-0.39, 0.29) is 11.8 Å². The van der Waals surface area contributed by atoms with Crippen molar-refractivity contribution in [2.45, 2.75) is 31.8 Å². The number of carbonyl (C=O) groups excluding carboxylic acids is 1. The number of aliphatic hydroxyl groups is 1. The zero-order valence-corrected chi connectivity index (χ0v) is 12.2. The van der Waals surface area contributed by atoms with Crippen molar-refractivity contribution < 1.29 is 9.90 Å². The molecule has 0 aliphatic heterocycles. The van der Waals surface area contributed by atoms with Crippen LogP contribution in [-0.2, 0) is 4.79 Å². The monoisotopic (exact) mass is 266 g/mol. The number of nitrogens with zero attached hydrogens (tertiary/aromatic N) is 1. The summed E-state index contributed by atoms with van der Waals surface area (Å²) in [5.74, 6) is 3.46. The van der Waals surface area contributed by atoms with Gasteiger partial charge in [0.05, 0.1) is 5.60 Å². The molecule has 3 aliphatic carbocycles. The number of amides is 1. The Bertz CT molecular complexity index is 364. The maximum absolute atomic E-state index is 12.2. The van der Waals surface area contributed by atoms with Gasteiger partial charge >= 0.3 is 0 Å². The van der Waals surface area contributed by atoms with Crippen molar-refractivity contribution in [1.29, 1.82) is 0 Å². The molecule has 4 nitrogen and oxygen atoms in total. The lowest BCUT2D eigenvalue weighted by Crippen LogP contribution is -2.47. The maximum atomic E-state index is 12.2. The summed E-state index contributed by atoms with van der Waals surface area (Å²) in [4.78, 5) is 14.2. The van der Waals surface area contributed by atoms with E-state index in [4.69, 9.17) is 0 Å². The summed E-state index contributed by atoms with van der Waals surface area (Å²) in [6, 6.07) is 0. The molecule has 0 spiro atoms. The average molecular weight is 266 g/mol. The first-order valence-corrected chi connectivity index (χ1v) is 7.54. The predicted molar refractivity (Wildman–Crippen MR) is 73.5 cm³/mol. The molecule has 4 heteroatoms. The van der Waals surface area contributed by atoms with Crippen LogP contribution in [0.15, 0.2) is 0 Å². The normalized spacial score (nSPS) is 42.1. The van der Waals surface area contributed by atoms with Gasteiger partial charge in [-0.05, 0) is 64.0 Å². The van der Waals surface area contributed by atoms with Gasteiger partial charge in [0.1, 0.15) is 0 Å². The molecule has 0 aromatic rings. The Morgan fingerprint density at radius 2 is 1.89 bits per heavy atom. The molecular weight excluding hydrogens is 240 g/mol. The number of carbonyl (C=O) groups is 1. The summed E-state index contributed by atoms with van der Waals surface area (Å²) in [5, 5.41) is 13.2. The molecule has 0 aromatic carbocycles. The van der Waals surface area contributed by atoms with Gasteiger partial charge in [0, 0.05) is 19.0 Å². The van der Waals surface area contributed by atoms with Gasteiger partial charge in [-0.1, -0.05) is 0 Å². The van der Waals surface area contributed by atoms with Crippen molar-refractivity contribution in [3.05, 3.63) is 0 Å². The second-order valence-corrected chi connectivity index (χ2v) is 7.47. The van der Waals surface area contributed by atoms with Crippen molar-refractivity contribution in [2.75, 3.05) is 27.2 Å². The average Bonchev–Trinajstić information content (AvgIpc) is 2.73. The summed E-state index contributed by atoms with van der Waals surface area (Å²) in [6.07, 6.45) is 4.05. The van der Waals surface area contributed by atoms with Gasteiger partial charge in [0.15, 0.2) is 0 Å². The van der Waals surface area contributed by atoms with E-state index in [2.05, 4.69) is 5.32 Å². The number of fused-ring (bicyclic) bond motifs is 5. The van der Waals surface area contributed by atoms with Crippen LogP contribution in [0.2, 0.25) is 0 Å². The van der Waals surface area contributed by atoms with Crippen LogP contribution in [0.3, 0.4) is 0 Å². The number of hydrogen-bond donors (Lipinski definition) is 2. The molecule has 1 amide bonds. The quantitative estimate of drug-likeness (QED) is 0.770. The first-order valence-electron chi connectivity index (χ1n) is 7.54. The van der Waals surface area contributed by atoms with Crippen LogP contribution < -0.4 is 5.32 Å². The first-order chi connectivity index (χ1) is 8.89. The van der Waals surface area contributed by atoms with Crippen molar-refractivity contribution in [3.63, 3.8) is 0 Å². The second kappa shape index (κ2) is 4.45. The molecule has 0 heterocycles. The second-order valence-electron chi connectivity index (χ2n) is 7.47. The van der Waals surface area contributed by atoms with E-state index < -0.39 is 5.60 Å². The molecule has 3 rings (SSSR count). The highest BCUT2D eigenvalue weighted by molar-refractivity contribution is 5.82. The molecule has 5 atom stereocenters. The van der Waals surface area contributed by atoms with Gasteiger partial charge < -0.3 is 15.3 Å². The highest BCUT2D eigenvalue weighted by atomic mass is 16.3. The Hall–Kier alpha value is -0.610. The minimum atomic E-state index is -0.845. The zero-order valence-electron chi connectivity index (χ0n) is 12.2. The lowest BCUT2D eigenvalue weighted by atomic mass is 10.0. The van der Waals surface area contributed by atoms with Crippen molar-refractivity contribution in [3.8, 4) is 0 Å². The van der Waals surface area contributed by atoms with E-state index in [0.29, 0.717) is 24.9 Å². The van der Waals surface area contributed by atoms with Gasteiger partial charge in [0.2, 0.25) is 5.91 Å². The number of hydrogen-bond acceptors (Lipinski definition) is 3. The fourth-order valence-electron chi connectivity index (χ4n) is 4.81. The SMILES string of the molecule is CN(C)CC(C)(O)CNC(=O)C1C2C3CCC(C3)C12. The minimum absolute atomic E-state index is 0.186. The van der Waals surface area contributed by atoms with Crippen molar-refractivity contribution in [1.82, 2.24) is 10.2 Å². The Morgan fingerprint density at radius 3 is 2.42 bits per heavy atom. The Kier molecular flexibility index (Phi) is 3.13. The molecule has 19 heavy (non-hydrogen) atoms. The van der Waals surface area contributed by atoms with Crippen LogP contribution in [0, 0.1) is 29.6 Å². The number of rotatable bonds is 5. The van der Waals surface area contributed by atoms with E-state index in [1.807, 2.05) is 19.0 Å². The van der Waals surface area contributed by atoms with Crippen molar-refractivity contribution >= 4 is 5.91 Å². The molecule has 3 aliphatic rings. The van der Waals surface area contributed by atoms with Crippen LogP contribution in [-0.4, -0.2) is 48.7 Å². The standard InChI is InChI=1S/C15H26N2O2/c1-15(19,8-17(2)3)7-16-14(18)13-11-9-4-5-10(6-9)12(11)13/h9-13,19H,4-8H2,1-3H3,(H,16,18). The van der Waals surface area contributed by atoms with Gasteiger partial charge in [-0.25, -0.2) is 0 Å². The summed E-state index contributed by atoms with van der Waals surface area (Å²) in [5.41, 5.74) is -0.845. The van der Waals surface area contributed by atoms with Crippen molar-refractivity contribution in [2.24, 2.45) is 29.6 Å². The molecule has 3 saturated carbocycles. The van der Waals surface area contributed by atoms with E-state index in [1.54, 1.807) is 6.92 Å². The van der Waals surface area contributed by atoms with Crippen LogP contribution in [0.5, 0.6) is 0 Å². The molecule has 2 bridgehead atoms. The molecule has 0 radical (unpaired) electrons. The summed E-state index contributed by atoms with van der Waals surface area (Å²) < 4.78 is 0. The van der Waals surface area contributed by atoms with Gasteiger partial charge in [-0.2, -0.15) is 0 Å². The molecule has 2 N–H and O–H groups in total. The Labute approximate surface area is 115 Å². The smallest absolute Gasteiger partial charge is 0.223 e. The minimum Gasteiger partial charge on any atom is -0.387 e. The summed E-state index contributed by atoms with van der Waals surface area (Å²) in [6.45, 7) is 2.70. The fourth-order valence-corrected chi connectivity index (χ4v) is 4.81. The largest absolute Gasteiger partial charge is 0.387 e. The maximum Gasteiger partial charge on any atom is 0.223 e. The molecule has 0 saturated heterocycles. The highest BCUT2D eigenvalue weighted by Gasteiger charge is 2.67. The van der Waals surface area contributed by atoms with Crippen LogP contribution in [0.25, 0.3) is 0 Å². The van der Waals surface area contributed by atoms with Crippen LogP contribution in [0.1, 0.15) is 26.2 Å². The third kappa shape index (κ3) is 2.40. The molecular formula is C15H26N2O2. The Balaban J connectivity index is 1.48.